The molecule has 2 aliphatic heterocycles. The molecule has 3 rings (SSSR count). The first-order valence-corrected chi connectivity index (χ1v) is 6.45. The van der Waals surface area contributed by atoms with E-state index in [-0.39, 0.29) is 5.96 Å². The molecule has 5 atom stereocenters. The Morgan fingerprint density at radius 3 is 2.76 bits per heavy atom. The average Bonchev–Trinajstić information content (AvgIpc) is 2.89. The number of ether oxygens (including phenoxy) is 1. The molecule has 0 amide bonds. The number of guanidine groups is 1. The number of nitrogens with two attached hydrogens (primary N) is 1. The molecule has 2 unspecified atom stereocenters. The lowest BCUT2D eigenvalue weighted by atomic mass is 10.1. The lowest BCUT2D eigenvalue weighted by Crippen LogP contribution is -2.48. The summed E-state index contributed by atoms with van der Waals surface area (Å²) in [5, 5.41) is 41.8. The summed E-state index contributed by atoms with van der Waals surface area (Å²) in [6, 6.07) is 0. The van der Waals surface area contributed by atoms with E-state index in [4.69, 9.17) is 15.6 Å². The summed E-state index contributed by atoms with van der Waals surface area (Å²) >= 11 is 0. The zero-order chi connectivity index (χ0) is 15.3. The van der Waals surface area contributed by atoms with Crippen LogP contribution in [0.2, 0.25) is 0 Å². The van der Waals surface area contributed by atoms with Crippen LogP contribution in [0, 0.1) is 0 Å². The van der Waals surface area contributed by atoms with E-state index in [1.54, 1.807) is 17.9 Å². The van der Waals surface area contributed by atoms with E-state index in [1.165, 1.54) is 4.57 Å². The zero-order valence-corrected chi connectivity index (χ0v) is 11.3. The average molecular weight is 300 g/mol. The standard InChI is InChI=1S/C11H18N5O5/c1-15-3-16(8-5(15)9(20)14-11(12)13-8)10-7(19)6(18)4(2-17)21-10/h3-4,6-7,9-10,17-20H,2H2,1H3,(H3,12,13,14)/q+1/t4-,6?,7+,9?,10-/m1/s1. The Kier molecular flexibility index (Phi) is 3.34. The Morgan fingerprint density at radius 1 is 1.43 bits per heavy atom. The van der Waals surface area contributed by atoms with Crippen LogP contribution in [0.15, 0.2) is 11.3 Å². The molecule has 0 spiro atoms. The fourth-order valence-corrected chi connectivity index (χ4v) is 2.69. The van der Waals surface area contributed by atoms with Gasteiger partial charge >= 0.3 is 0 Å². The molecule has 7 N–H and O–H groups in total. The highest BCUT2D eigenvalue weighted by atomic mass is 16.6. The van der Waals surface area contributed by atoms with E-state index >= 15 is 0 Å². The third-order valence-corrected chi connectivity index (χ3v) is 3.72. The van der Waals surface area contributed by atoms with Gasteiger partial charge < -0.3 is 30.9 Å². The maximum atomic E-state index is 10.1. The zero-order valence-electron chi connectivity index (χ0n) is 11.3. The number of imidazole rings is 1. The third-order valence-electron chi connectivity index (χ3n) is 3.72. The van der Waals surface area contributed by atoms with Crippen LogP contribution in [0.25, 0.3) is 0 Å². The smallest absolute Gasteiger partial charge is 0.271 e. The van der Waals surface area contributed by atoms with Crippen molar-refractivity contribution >= 4 is 11.8 Å². The molecule has 21 heavy (non-hydrogen) atoms. The predicted octanol–water partition coefficient (Wildman–Crippen LogP) is -3.34. The fraction of sp³-hybridized carbons (Fsp3) is 0.636. The van der Waals surface area contributed by atoms with Gasteiger partial charge in [0.15, 0.2) is 6.33 Å². The van der Waals surface area contributed by atoms with Gasteiger partial charge in [-0.2, -0.15) is 4.99 Å². The second kappa shape index (κ2) is 4.93. The Labute approximate surface area is 119 Å². The van der Waals surface area contributed by atoms with Gasteiger partial charge in [-0.15, -0.1) is 0 Å². The molecule has 1 aromatic rings. The van der Waals surface area contributed by atoms with Crippen LogP contribution >= 0.6 is 0 Å². The highest BCUT2D eigenvalue weighted by molar-refractivity contribution is 5.92. The number of anilines is 1. The molecular formula is C11H18N5O5+. The van der Waals surface area contributed by atoms with Gasteiger partial charge in [-0.25, -0.2) is 9.88 Å². The Hall–Kier alpha value is -1.72. The van der Waals surface area contributed by atoms with E-state index in [9.17, 15) is 15.3 Å². The molecule has 3 heterocycles. The molecule has 0 aromatic carbocycles. The van der Waals surface area contributed by atoms with Gasteiger partial charge in [0.05, 0.1) is 13.7 Å². The van der Waals surface area contributed by atoms with Crippen LogP contribution < -0.4 is 15.6 Å². The van der Waals surface area contributed by atoms with Crippen molar-refractivity contribution < 1.29 is 29.7 Å². The number of fused-ring (bicyclic) bond motifs is 1. The molecule has 1 saturated heterocycles. The molecular weight excluding hydrogens is 282 g/mol. The van der Waals surface area contributed by atoms with Crippen LogP contribution in [-0.2, 0) is 11.8 Å². The fourth-order valence-electron chi connectivity index (χ4n) is 2.69. The van der Waals surface area contributed by atoms with Crippen molar-refractivity contribution in [3.63, 3.8) is 0 Å². The number of rotatable bonds is 2. The van der Waals surface area contributed by atoms with Crippen molar-refractivity contribution in [1.29, 1.82) is 0 Å². The molecule has 2 aliphatic rings. The van der Waals surface area contributed by atoms with E-state index in [1.807, 2.05) is 0 Å². The van der Waals surface area contributed by atoms with Gasteiger partial charge in [0.1, 0.15) is 18.3 Å². The Bertz CT molecular complexity index is 588. The number of aryl methyl sites for hydroxylation is 1. The van der Waals surface area contributed by atoms with Crippen LogP contribution in [-0.4, -0.2) is 55.9 Å². The summed E-state index contributed by atoms with van der Waals surface area (Å²) in [5.74, 6) is 0.439. The van der Waals surface area contributed by atoms with Crippen LogP contribution in [0.1, 0.15) is 18.1 Å². The molecule has 0 aliphatic carbocycles. The number of aliphatic hydroxyl groups is 4. The minimum Gasteiger partial charge on any atom is -0.394 e. The van der Waals surface area contributed by atoms with Gasteiger partial charge in [0, 0.05) is 0 Å². The number of aromatic nitrogens is 2. The summed E-state index contributed by atoms with van der Waals surface area (Å²) in [5.41, 5.74) is 6.04. The molecule has 10 nitrogen and oxygen atoms in total. The normalized spacial score (nSPS) is 35.3. The molecule has 0 bridgehead atoms. The maximum absolute atomic E-state index is 10.1. The third kappa shape index (κ3) is 2.08. The molecule has 1 fully saturated rings. The van der Waals surface area contributed by atoms with Crippen molar-refractivity contribution in [2.75, 3.05) is 11.9 Å². The second-order valence-corrected chi connectivity index (χ2v) is 5.11. The van der Waals surface area contributed by atoms with Crippen LogP contribution in [0.4, 0.5) is 5.82 Å². The highest BCUT2D eigenvalue weighted by Gasteiger charge is 2.47. The van der Waals surface area contributed by atoms with Crippen molar-refractivity contribution in [2.24, 2.45) is 17.8 Å². The summed E-state index contributed by atoms with van der Waals surface area (Å²) in [7, 11) is 1.69. The lowest BCUT2D eigenvalue weighted by Gasteiger charge is -2.17. The summed E-state index contributed by atoms with van der Waals surface area (Å²) in [4.78, 5) is 3.80. The predicted molar refractivity (Wildman–Crippen MR) is 68.8 cm³/mol. The lowest BCUT2D eigenvalue weighted by molar-refractivity contribution is -0.753. The first kappa shape index (κ1) is 14.2. The maximum Gasteiger partial charge on any atom is 0.271 e. The number of aliphatic hydroxyl groups excluding tert-OH is 4. The summed E-state index contributed by atoms with van der Waals surface area (Å²) in [6.45, 7) is -0.413. The van der Waals surface area contributed by atoms with E-state index in [0.717, 1.165) is 0 Å². The van der Waals surface area contributed by atoms with Gasteiger partial charge in [0.25, 0.3) is 11.8 Å². The van der Waals surface area contributed by atoms with Crippen molar-refractivity contribution in [3.8, 4) is 0 Å². The molecule has 1 aromatic heterocycles. The number of nitrogens with zero attached hydrogens (tertiary/aromatic N) is 3. The number of hydrogen-bond acceptors (Lipinski definition) is 8. The molecule has 10 heteroatoms. The Balaban J connectivity index is 2.01. The number of hydrogen-bond donors (Lipinski definition) is 6. The van der Waals surface area contributed by atoms with Gasteiger partial charge in [0.2, 0.25) is 18.1 Å². The number of nitrogens with one attached hydrogen (secondary N) is 1. The van der Waals surface area contributed by atoms with Crippen LogP contribution in [0.5, 0.6) is 0 Å². The van der Waals surface area contributed by atoms with Crippen LogP contribution in [0.3, 0.4) is 0 Å². The minimum absolute atomic E-state index is 0.0293. The molecule has 116 valence electrons. The van der Waals surface area contributed by atoms with E-state index in [2.05, 4.69) is 10.3 Å². The first-order valence-electron chi connectivity index (χ1n) is 6.45. The molecule has 0 saturated carbocycles. The van der Waals surface area contributed by atoms with E-state index < -0.39 is 37.4 Å². The minimum atomic E-state index is -1.22. The monoisotopic (exact) mass is 300 g/mol. The van der Waals surface area contributed by atoms with Gasteiger partial charge in [-0.1, -0.05) is 0 Å². The van der Waals surface area contributed by atoms with Gasteiger partial charge in [-0.05, 0) is 0 Å². The van der Waals surface area contributed by atoms with E-state index in [0.29, 0.717) is 11.5 Å². The van der Waals surface area contributed by atoms with Crippen molar-refractivity contribution in [2.45, 2.75) is 30.8 Å². The van der Waals surface area contributed by atoms with Crippen molar-refractivity contribution in [1.82, 2.24) is 4.57 Å². The highest BCUT2D eigenvalue weighted by Crippen LogP contribution is 2.30. The summed E-state index contributed by atoms with van der Waals surface area (Å²) in [6.07, 6.45) is -3.79. The Morgan fingerprint density at radius 2 is 2.14 bits per heavy atom. The van der Waals surface area contributed by atoms with Crippen molar-refractivity contribution in [3.05, 3.63) is 12.0 Å². The number of aliphatic imine (C=N–C) groups is 1. The van der Waals surface area contributed by atoms with Gasteiger partial charge in [-0.3, -0.25) is 4.57 Å². The second-order valence-electron chi connectivity index (χ2n) is 5.11. The molecule has 0 radical (unpaired) electrons. The quantitative estimate of drug-likeness (QED) is 0.312. The topological polar surface area (TPSA) is 149 Å². The first-order chi connectivity index (χ1) is 9.93. The largest absolute Gasteiger partial charge is 0.394 e. The summed E-state index contributed by atoms with van der Waals surface area (Å²) < 4.78 is 8.58. The SMILES string of the molecule is Cn1c[n+]([C@@H]2O[C@H](CO)C(O)[C@@H]2O)c2c1C(O)N=C(N)N2.